The van der Waals surface area contributed by atoms with Gasteiger partial charge in [-0.2, -0.15) is 30.4 Å². The van der Waals surface area contributed by atoms with Crippen LogP contribution in [0.3, 0.4) is 0 Å². The molecule has 2 N–H and O–H groups in total. The second-order valence-electron chi connectivity index (χ2n) is 7.46. The molecule has 3 unspecified atom stereocenters. The molecule has 2 amide bonds. The van der Waals surface area contributed by atoms with Crippen molar-refractivity contribution < 1.29 is 54.0 Å². The van der Waals surface area contributed by atoms with E-state index in [0.717, 1.165) is 0 Å². The first-order valence-electron chi connectivity index (χ1n) is 9.49. The van der Waals surface area contributed by atoms with Gasteiger partial charge >= 0.3 is 27.5 Å². The molecule has 35 heavy (non-hydrogen) atoms. The number of benzene rings is 1. The molecule has 196 valence electrons. The minimum Gasteiger partial charge on any atom is -0.444 e. The number of carbonyl (C=O) groups excluding carboxylic acids is 3. The van der Waals surface area contributed by atoms with Crippen LogP contribution in [-0.4, -0.2) is 48.3 Å². The maximum Gasteiger partial charge on any atom is 0.432 e. The quantitative estimate of drug-likeness (QED) is 0.108. The fourth-order valence-corrected chi connectivity index (χ4v) is 6.24. The van der Waals surface area contributed by atoms with Crippen molar-refractivity contribution in [2.24, 2.45) is 11.8 Å². The Hall–Kier alpha value is -0.420. The molecule has 2 rings (SSSR count). The van der Waals surface area contributed by atoms with Gasteiger partial charge in [0.2, 0.25) is 5.91 Å². The van der Waals surface area contributed by atoms with Crippen molar-refractivity contribution in [2.75, 3.05) is 0 Å². The summed E-state index contributed by atoms with van der Waals surface area (Å²) in [7, 11) is -6.61. The van der Waals surface area contributed by atoms with Crippen LogP contribution < -0.4 is 5.32 Å². The van der Waals surface area contributed by atoms with Crippen LogP contribution in [0.1, 0.15) is 36.0 Å². The summed E-state index contributed by atoms with van der Waals surface area (Å²) < 4.78 is 103. The maximum atomic E-state index is 13.8. The van der Waals surface area contributed by atoms with Gasteiger partial charge in [-0.15, -0.1) is 0 Å². The monoisotopic (exact) mass is 865 g/mol. The van der Waals surface area contributed by atoms with E-state index < -0.39 is 57.3 Å². The average Bonchev–Trinajstić information content (AvgIpc) is 2.72. The smallest absolute Gasteiger partial charge is 0.432 e. The highest BCUT2D eigenvalue weighted by atomic mass is 127. The Kier molecular flexibility index (Phi) is 10.2. The third-order valence-electron chi connectivity index (χ3n) is 5.06. The van der Waals surface area contributed by atoms with Gasteiger partial charge in [-0.1, -0.05) is 12.8 Å². The molecule has 0 saturated heterocycles. The Balaban J connectivity index is 2.27. The van der Waals surface area contributed by atoms with E-state index in [0.29, 0.717) is 17.1 Å². The molecule has 8 nitrogen and oxygen atoms in total. The van der Waals surface area contributed by atoms with Gasteiger partial charge in [0.1, 0.15) is 0 Å². The van der Waals surface area contributed by atoms with Gasteiger partial charge in [0, 0.05) is 10.7 Å². The van der Waals surface area contributed by atoms with E-state index in [4.69, 9.17) is 4.55 Å². The minimum atomic E-state index is -6.61. The lowest BCUT2D eigenvalue weighted by Crippen LogP contribution is -2.53. The zero-order chi connectivity index (χ0) is 26.9. The molecule has 1 saturated carbocycles. The van der Waals surface area contributed by atoms with Crippen molar-refractivity contribution in [2.45, 2.75) is 43.2 Å². The molecule has 0 radical (unpaired) electrons. The van der Waals surface area contributed by atoms with E-state index >= 15 is 0 Å². The summed E-state index contributed by atoms with van der Waals surface area (Å²) in [5.74, 6) is -6.81. The molecule has 0 heterocycles. The molecule has 0 aromatic heterocycles. The minimum absolute atomic E-state index is 0.0643. The summed E-state index contributed by atoms with van der Waals surface area (Å²) in [6, 6.07) is 3.26. The van der Waals surface area contributed by atoms with Gasteiger partial charge in [0.25, 0.3) is 12.0 Å². The maximum absolute atomic E-state index is 13.8. The average molecular weight is 865 g/mol. The van der Waals surface area contributed by atoms with Crippen LogP contribution in [0.25, 0.3) is 0 Å². The van der Waals surface area contributed by atoms with Crippen LogP contribution in [0.2, 0.25) is 0 Å². The fraction of sp³-hybridized carbons (Fsp3) is 0.500. The highest BCUT2D eigenvalue weighted by Crippen LogP contribution is 2.40. The predicted molar refractivity (Wildman–Crippen MR) is 135 cm³/mol. The fourth-order valence-electron chi connectivity index (χ4n) is 3.38. The van der Waals surface area contributed by atoms with E-state index in [1.807, 2.05) is 67.8 Å². The number of amides is 2. The standard InChI is InChI=1S/C18H15F5I3NO7S/c19-17(20,21)16(18(22,23)35(31,32)33)34-15(30)9-4-2-1-3-8(9)13(28)27-14(29)10-5-7(24)6-11(25)12(10)26/h5-6,8-9,16H,1-4H2,(H,27,28,29)(H,31,32,33). The van der Waals surface area contributed by atoms with Gasteiger partial charge in [0.15, 0.2) is 0 Å². The van der Waals surface area contributed by atoms with Crippen molar-refractivity contribution in [1.29, 1.82) is 0 Å². The summed E-state index contributed by atoms with van der Waals surface area (Å²) in [5.41, 5.74) is 0.134. The van der Waals surface area contributed by atoms with E-state index in [2.05, 4.69) is 10.1 Å². The molecule has 1 aliphatic rings. The molecule has 17 heteroatoms. The lowest BCUT2D eigenvalue weighted by atomic mass is 9.78. The van der Waals surface area contributed by atoms with Gasteiger partial charge in [-0.25, -0.2) is 0 Å². The summed E-state index contributed by atoms with van der Waals surface area (Å²) in [4.78, 5) is 37.9. The molecule has 1 aromatic carbocycles. The van der Waals surface area contributed by atoms with Gasteiger partial charge in [-0.3, -0.25) is 24.3 Å². The molecule has 1 aliphatic carbocycles. The number of ether oxygens (including phenoxy) is 1. The molecule has 1 aromatic rings. The SMILES string of the molecule is O=C(NC(=O)C1CCCCC1C(=O)OC(C(F)(F)F)C(F)(F)S(=O)(=O)O)c1cc(I)cc(I)c1I. The molecule has 3 atom stereocenters. The Bertz CT molecular complexity index is 1130. The highest BCUT2D eigenvalue weighted by Gasteiger charge is 2.66. The van der Waals surface area contributed by atoms with Crippen LogP contribution in [0.4, 0.5) is 22.0 Å². The molecular weight excluding hydrogens is 850 g/mol. The van der Waals surface area contributed by atoms with Crippen LogP contribution >= 0.6 is 67.8 Å². The van der Waals surface area contributed by atoms with Crippen LogP contribution in [0.15, 0.2) is 12.1 Å². The summed E-state index contributed by atoms with van der Waals surface area (Å²) in [6.45, 7) is 0. The third-order valence-corrected chi connectivity index (χ3v) is 9.63. The first-order valence-corrected chi connectivity index (χ1v) is 14.2. The lowest BCUT2D eigenvalue weighted by Gasteiger charge is -2.32. The largest absolute Gasteiger partial charge is 0.444 e. The number of rotatable bonds is 6. The van der Waals surface area contributed by atoms with Crippen LogP contribution in [0, 0.1) is 22.5 Å². The Morgan fingerprint density at radius 2 is 1.57 bits per heavy atom. The van der Waals surface area contributed by atoms with Gasteiger partial charge < -0.3 is 4.74 Å². The lowest BCUT2D eigenvalue weighted by molar-refractivity contribution is -0.261. The molecular formula is C18H15F5I3NO7S. The Morgan fingerprint density at radius 1 is 1.03 bits per heavy atom. The number of esters is 1. The van der Waals surface area contributed by atoms with E-state index in [9.17, 15) is 44.8 Å². The second-order valence-corrected chi connectivity index (χ2v) is 12.4. The number of halogens is 8. The molecule has 1 fully saturated rings. The van der Waals surface area contributed by atoms with Crippen LogP contribution in [-0.2, 0) is 24.4 Å². The zero-order valence-electron chi connectivity index (χ0n) is 17.0. The summed E-state index contributed by atoms with van der Waals surface area (Å²) in [6.07, 6.45) is -10.3. The van der Waals surface area contributed by atoms with E-state index in [1.165, 1.54) is 6.07 Å². The molecule has 0 spiro atoms. The number of hydrogen-bond acceptors (Lipinski definition) is 6. The van der Waals surface area contributed by atoms with Gasteiger partial charge in [-0.05, 0) is 92.7 Å². The van der Waals surface area contributed by atoms with Crippen molar-refractivity contribution in [3.8, 4) is 0 Å². The molecule has 0 aliphatic heterocycles. The van der Waals surface area contributed by atoms with Crippen molar-refractivity contribution in [3.05, 3.63) is 28.4 Å². The Morgan fingerprint density at radius 3 is 2.09 bits per heavy atom. The number of alkyl halides is 5. The topological polar surface area (TPSA) is 127 Å². The van der Waals surface area contributed by atoms with Crippen molar-refractivity contribution in [3.63, 3.8) is 0 Å². The van der Waals surface area contributed by atoms with E-state index in [-0.39, 0.29) is 24.8 Å². The number of hydrogen-bond donors (Lipinski definition) is 2. The Labute approximate surface area is 236 Å². The van der Waals surface area contributed by atoms with Gasteiger partial charge in [0.05, 0.1) is 17.4 Å². The van der Waals surface area contributed by atoms with E-state index in [1.54, 1.807) is 6.07 Å². The predicted octanol–water partition coefficient (Wildman–Crippen LogP) is 4.52. The normalized spacial score (nSPS) is 20.1. The van der Waals surface area contributed by atoms with Crippen molar-refractivity contribution in [1.82, 2.24) is 5.32 Å². The first-order chi connectivity index (χ1) is 15.9. The number of nitrogens with one attached hydrogen (secondary N) is 1. The molecule has 0 bridgehead atoms. The van der Waals surface area contributed by atoms with Crippen LogP contribution in [0.5, 0.6) is 0 Å². The van der Waals surface area contributed by atoms with Crippen molar-refractivity contribution >= 4 is 95.7 Å². The third kappa shape index (κ3) is 7.33. The second kappa shape index (κ2) is 11.5. The number of imide groups is 1. The first kappa shape index (κ1) is 30.8. The highest BCUT2D eigenvalue weighted by molar-refractivity contribution is 14.1. The zero-order valence-corrected chi connectivity index (χ0v) is 24.3. The number of carbonyl (C=O) groups is 3. The summed E-state index contributed by atoms with van der Waals surface area (Å²) in [5, 5.41) is -3.81. The summed E-state index contributed by atoms with van der Waals surface area (Å²) >= 11 is 5.81.